The number of amides is 2. The molecule has 4 aromatic rings. The summed E-state index contributed by atoms with van der Waals surface area (Å²) in [4.78, 5) is 28.3. The van der Waals surface area contributed by atoms with E-state index in [2.05, 4.69) is 5.32 Å². The third-order valence-corrected chi connectivity index (χ3v) is 8.80. The first-order chi connectivity index (χ1) is 20.2. The number of carbonyl (C=O) groups excluding carboxylic acids is 2. The molecule has 0 aliphatic rings. The summed E-state index contributed by atoms with van der Waals surface area (Å²) in [5.74, 6) is 0.204. The molecule has 0 fully saturated rings. The molecule has 0 radical (unpaired) electrons. The van der Waals surface area contributed by atoms with Crippen molar-refractivity contribution in [3.63, 3.8) is 0 Å². The molecule has 2 amide bonds. The monoisotopic (exact) mass is 605 g/mol. The molecule has 4 rings (SSSR count). The van der Waals surface area contributed by atoms with E-state index in [1.54, 1.807) is 73.7 Å². The molecular formula is C32H32ClN3O5S. The van der Waals surface area contributed by atoms with Crippen molar-refractivity contribution < 1.29 is 22.7 Å². The minimum atomic E-state index is -4.18. The molecule has 42 heavy (non-hydrogen) atoms. The Morgan fingerprint density at radius 1 is 0.833 bits per heavy atom. The third-order valence-electron chi connectivity index (χ3n) is 6.64. The van der Waals surface area contributed by atoms with Crippen LogP contribution >= 0.6 is 11.6 Å². The smallest absolute Gasteiger partial charge is 0.264 e. The fourth-order valence-corrected chi connectivity index (χ4v) is 6.08. The summed E-state index contributed by atoms with van der Waals surface area (Å²) >= 11 is 6.40. The lowest BCUT2D eigenvalue weighted by Crippen LogP contribution is -2.51. The molecule has 1 atom stereocenters. The van der Waals surface area contributed by atoms with Gasteiger partial charge in [0.1, 0.15) is 24.1 Å². The number of benzene rings is 4. The molecule has 0 spiro atoms. The number of rotatable bonds is 12. The largest absolute Gasteiger partial charge is 0.457 e. The van der Waals surface area contributed by atoms with Crippen LogP contribution in [0.2, 0.25) is 5.02 Å². The Labute approximate surface area is 251 Å². The molecule has 0 aliphatic heterocycles. The summed E-state index contributed by atoms with van der Waals surface area (Å²) in [5, 5.41) is 3.04. The number of nitrogens with one attached hydrogen (secondary N) is 1. The molecule has 0 bridgehead atoms. The maximum atomic E-state index is 14.0. The number of ether oxygens (including phenoxy) is 1. The van der Waals surface area contributed by atoms with Gasteiger partial charge in [0, 0.05) is 18.6 Å². The molecule has 8 nitrogen and oxygen atoms in total. The van der Waals surface area contributed by atoms with Gasteiger partial charge in [-0.3, -0.25) is 13.9 Å². The van der Waals surface area contributed by atoms with Crippen molar-refractivity contribution in [3.05, 3.63) is 120 Å². The molecule has 0 aromatic heterocycles. The second kappa shape index (κ2) is 14.0. The van der Waals surface area contributed by atoms with Crippen molar-refractivity contribution >= 4 is 39.1 Å². The van der Waals surface area contributed by atoms with Gasteiger partial charge in [-0.25, -0.2) is 8.42 Å². The van der Waals surface area contributed by atoms with Crippen LogP contribution in [-0.4, -0.2) is 44.8 Å². The van der Waals surface area contributed by atoms with Crippen molar-refractivity contribution in [1.29, 1.82) is 0 Å². The van der Waals surface area contributed by atoms with Gasteiger partial charge in [0.05, 0.1) is 10.6 Å². The maximum absolute atomic E-state index is 14.0. The van der Waals surface area contributed by atoms with E-state index in [4.69, 9.17) is 16.3 Å². The van der Waals surface area contributed by atoms with Crippen LogP contribution in [0.4, 0.5) is 5.69 Å². The zero-order valence-corrected chi connectivity index (χ0v) is 24.9. The highest BCUT2D eigenvalue weighted by molar-refractivity contribution is 7.92. The van der Waals surface area contributed by atoms with Crippen LogP contribution in [0, 0.1) is 0 Å². The number of likely N-dealkylation sites (N-methyl/N-ethyl adjacent to an activating group) is 1. The SMILES string of the molecule is CC[C@@H](C(=O)NC)N(Cc1ccccc1Cl)C(=O)CN(c1ccc(Oc2ccccc2)cc1)S(=O)(=O)c1ccccc1. The van der Waals surface area contributed by atoms with Crippen molar-refractivity contribution in [3.8, 4) is 11.5 Å². The van der Waals surface area contributed by atoms with Crippen LogP contribution in [0.5, 0.6) is 11.5 Å². The summed E-state index contributed by atoms with van der Waals surface area (Å²) in [5.41, 5.74) is 0.896. The molecule has 1 N–H and O–H groups in total. The normalized spacial score (nSPS) is 11.8. The van der Waals surface area contributed by atoms with Gasteiger partial charge in [0.15, 0.2) is 0 Å². The van der Waals surface area contributed by atoms with Gasteiger partial charge in [0.25, 0.3) is 10.0 Å². The first-order valence-corrected chi connectivity index (χ1v) is 15.2. The first-order valence-electron chi connectivity index (χ1n) is 13.4. The van der Waals surface area contributed by atoms with Crippen molar-refractivity contribution in [2.45, 2.75) is 30.8 Å². The lowest BCUT2D eigenvalue weighted by molar-refractivity contribution is -0.140. The molecule has 10 heteroatoms. The molecule has 0 saturated heterocycles. The van der Waals surface area contributed by atoms with Crippen molar-refractivity contribution in [2.24, 2.45) is 0 Å². The highest BCUT2D eigenvalue weighted by Crippen LogP contribution is 2.29. The lowest BCUT2D eigenvalue weighted by atomic mass is 10.1. The summed E-state index contributed by atoms with van der Waals surface area (Å²) < 4.78 is 34.8. The van der Waals surface area contributed by atoms with Crippen LogP contribution in [0.3, 0.4) is 0 Å². The highest BCUT2D eigenvalue weighted by atomic mass is 35.5. The third kappa shape index (κ3) is 7.29. The highest BCUT2D eigenvalue weighted by Gasteiger charge is 2.33. The molecule has 0 aliphatic carbocycles. The molecule has 0 saturated carbocycles. The van der Waals surface area contributed by atoms with E-state index >= 15 is 0 Å². The number of hydrogen-bond donors (Lipinski definition) is 1. The Morgan fingerprint density at radius 3 is 2.00 bits per heavy atom. The summed E-state index contributed by atoms with van der Waals surface area (Å²) in [6, 6.07) is 29.7. The van der Waals surface area contributed by atoms with Gasteiger partial charge in [-0.05, 0) is 66.6 Å². The number of carbonyl (C=O) groups is 2. The quantitative estimate of drug-likeness (QED) is 0.218. The summed E-state index contributed by atoms with van der Waals surface area (Å²) in [7, 11) is -2.68. The number of anilines is 1. The van der Waals surface area contributed by atoms with Crippen LogP contribution in [0.15, 0.2) is 114 Å². The second-order valence-electron chi connectivity index (χ2n) is 9.39. The summed E-state index contributed by atoms with van der Waals surface area (Å²) in [6.45, 7) is 1.26. The van der Waals surface area contributed by atoms with Gasteiger partial charge in [-0.15, -0.1) is 0 Å². The van der Waals surface area contributed by atoms with Crippen LogP contribution in [-0.2, 0) is 26.2 Å². The summed E-state index contributed by atoms with van der Waals surface area (Å²) in [6.07, 6.45) is 0.312. The molecule has 218 valence electrons. The van der Waals surface area contributed by atoms with Crippen molar-refractivity contribution in [1.82, 2.24) is 10.2 Å². The lowest BCUT2D eigenvalue weighted by Gasteiger charge is -2.33. The van der Waals surface area contributed by atoms with E-state index in [0.29, 0.717) is 28.5 Å². The van der Waals surface area contributed by atoms with E-state index in [0.717, 1.165) is 4.31 Å². The van der Waals surface area contributed by atoms with E-state index < -0.39 is 28.5 Å². The average molecular weight is 606 g/mol. The predicted molar refractivity (Wildman–Crippen MR) is 164 cm³/mol. The number of nitrogens with zero attached hydrogens (tertiary/aromatic N) is 2. The van der Waals surface area contributed by atoms with Gasteiger partial charge >= 0.3 is 0 Å². The number of sulfonamides is 1. The van der Waals surface area contributed by atoms with Crippen LogP contribution in [0.1, 0.15) is 18.9 Å². The molecule has 0 unspecified atom stereocenters. The minimum absolute atomic E-state index is 0.0213. The van der Waals surface area contributed by atoms with Crippen LogP contribution < -0.4 is 14.4 Å². The molecule has 0 heterocycles. The van der Waals surface area contributed by atoms with E-state index in [-0.39, 0.29) is 23.0 Å². The van der Waals surface area contributed by atoms with E-state index in [1.165, 1.54) is 24.1 Å². The van der Waals surface area contributed by atoms with Crippen LogP contribution in [0.25, 0.3) is 0 Å². The zero-order chi connectivity index (χ0) is 30.1. The predicted octanol–water partition coefficient (Wildman–Crippen LogP) is 5.88. The Morgan fingerprint density at radius 2 is 1.40 bits per heavy atom. The maximum Gasteiger partial charge on any atom is 0.264 e. The Hall–Kier alpha value is -4.34. The Kier molecular flexibility index (Phi) is 10.2. The van der Waals surface area contributed by atoms with Crippen molar-refractivity contribution in [2.75, 3.05) is 17.9 Å². The van der Waals surface area contributed by atoms with Gasteiger partial charge in [0.2, 0.25) is 11.8 Å². The van der Waals surface area contributed by atoms with Gasteiger partial charge in [-0.2, -0.15) is 0 Å². The Balaban J connectivity index is 1.72. The zero-order valence-electron chi connectivity index (χ0n) is 23.3. The first kappa shape index (κ1) is 30.6. The Bertz CT molecular complexity index is 1600. The van der Waals surface area contributed by atoms with Gasteiger partial charge in [-0.1, -0.05) is 73.1 Å². The average Bonchev–Trinajstić information content (AvgIpc) is 3.01. The fourth-order valence-electron chi connectivity index (χ4n) is 4.45. The van der Waals surface area contributed by atoms with E-state index in [1.807, 2.05) is 30.3 Å². The topological polar surface area (TPSA) is 96.0 Å². The standard InChI is InChI=1S/C32H32ClN3O5S/c1-3-30(32(38)34-2)35(22-24-12-10-11-17-29(24)33)31(37)23-36(42(39,40)28-15-8-5-9-16-28)25-18-20-27(21-19-25)41-26-13-6-4-7-14-26/h4-21,30H,3,22-23H2,1-2H3,(H,34,38)/t30-/m0/s1. The molecule has 4 aromatic carbocycles. The molecular weight excluding hydrogens is 574 g/mol. The number of hydrogen-bond acceptors (Lipinski definition) is 5. The van der Waals surface area contributed by atoms with Gasteiger partial charge < -0.3 is 15.0 Å². The number of halogens is 1. The minimum Gasteiger partial charge on any atom is -0.457 e. The second-order valence-corrected chi connectivity index (χ2v) is 11.7. The van der Waals surface area contributed by atoms with E-state index in [9.17, 15) is 18.0 Å². The number of para-hydroxylation sites is 1. The fraction of sp³-hybridized carbons (Fsp3) is 0.188.